The third-order valence-corrected chi connectivity index (χ3v) is 2.41. The molecule has 1 N–H and O–H groups in total. The lowest BCUT2D eigenvalue weighted by molar-refractivity contribution is 0.191. The fraction of sp³-hybridized carbons (Fsp3) is 0.429. The van der Waals surface area contributed by atoms with Crippen LogP contribution in [0.4, 0.5) is 0 Å². The number of rotatable bonds is 5. The predicted octanol–water partition coefficient (Wildman–Crippen LogP) is 3.39. The first-order valence-electron chi connectivity index (χ1n) is 5.56. The number of aliphatic hydroxyl groups excluding tert-OH is 1. The van der Waals surface area contributed by atoms with Crippen LogP contribution in [0.25, 0.3) is 0 Å². The van der Waals surface area contributed by atoms with Crippen LogP contribution in [-0.2, 0) is 0 Å². The molecule has 0 saturated carbocycles. The van der Waals surface area contributed by atoms with Gasteiger partial charge in [-0.1, -0.05) is 17.7 Å². The Hall–Kier alpha value is -1.28. The van der Waals surface area contributed by atoms with Gasteiger partial charge in [-0.2, -0.15) is 0 Å². The summed E-state index contributed by atoms with van der Waals surface area (Å²) in [6.07, 6.45) is 0.341. The van der Waals surface area contributed by atoms with Gasteiger partial charge in [0, 0.05) is 12.0 Å². The summed E-state index contributed by atoms with van der Waals surface area (Å²) < 4.78 is 5.67. The van der Waals surface area contributed by atoms with Gasteiger partial charge >= 0.3 is 0 Å². The molecule has 0 amide bonds. The fourth-order valence-electron chi connectivity index (χ4n) is 1.45. The first-order valence-corrected chi connectivity index (χ1v) is 5.56. The molecule has 0 aliphatic heterocycles. The first-order chi connectivity index (χ1) is 7.50. The van der Waals surface area contributed by atoms with Crippen molar-refractivity contribution < 1.29 is 9.84 Å². The average Bonchev–Trinajstić information content (AvgIpc) is 2.16. The molecule has 0 radical (unpaired) electrons. The highest BCUT2D eigenvalue weighted by molar-refractivity contribution is 5.38. The van der Waals surface area contributed by atoms with Crippen molar-refractivity contribution in [1.29, 1.82) is 0 Å². The van der Waals surface area contributed by atoms with Crippen molar-refractivity contribution in [3.8, 4) is 5.75 Å². The van der Waals surface area contributed by atoms with E-state index in [4.69, 9.17) is 4.74 Å². The second-order valence-electron chi connectivity index (χ2n) is 4.27. The van der Waals surface area contributed by atoms with E-state index in [0.717, 1.165) is 28.9 Å². The lowest BCUT2D eigenvalue weighted by Gasteiger charge is -2.14. The van der Waals surface area contributed by atoms with Crippen molar-refractivity contribution in [3.05, 3.63) is 41.5 Å². The largest absolute Gasteiger partial charge is 0.493 e. The second kappa shape index (κ2) is 5.71. The lowest BCUT2D eigenvalue weighted by atomic mass is 10.1. The molecule has 2 heteroatoms. The minimum atomic E-state index is -0.500. The summed E-state index contributed by atoms with van der Waals surface area (Å²) in [5, 5.41) is 9.61. The SMILES string of the molecule is C=C(C)CCOc1cc(C)ccc1[C@@H](C)O. The normalized spacial score (nSPS) is 12.2. The summed E-state index contributed by atoms with van der Waals surface area (Å²) in [4.78, 5) is 0. The molecular weight excluding hydrogens is 200 g/mol. The van der Waals surface area contributed by atoms with E-state index in [-0.39, 0.29) is 0 Å². The number of hydrogen-bond donors (Lipinski definition) is 1. The zero-order chi connectivity index (χ0) is 12.1. The van der Waals surface area contributed by atoms with E-state index < -0.39 is 6.10 Å². The minimum absolute atomic E-state index is 0.500. The van der Waals surface area contributed by atoms with Crippen LogP contribution >= 0.6 is 0 Å². The van der Waals surface area contributed by atoms with Crippen molar-refractivity contribution in [2.24, 2.45) is 0 Å². The van der Waals surface area contributed by atoms with Crippen molar-refractivity contribution in [2.75, 3.05) is 6.61 Å². The average molecular weight is 220 g/mol. The molecule has 0 spiro atoms. The quantitative estimate of drug-likeness (QED) is 0.771. The number of benzene rings is 1. The van der Waals surface area contributed by atoms with Crippen LogP contribution in [0.5, 0.6) is 5.75 Å². The Morgan fingerprint density at radius 2 is 2.19 bits per heavy atom. The molecule has 88 valence electrons. The highest BCUT2D eigenvalue weighted by Crippen LogP contribution is 2.26. The second-order valence-corrected chi connectivity index (χ2v) is 4.27. The number of hydrogen-bond acceptors (Lipinski definition) is 2. The van der Waals surface area contributed by atoms with Gasteiger partial charge in [0.25, 0.3) is 0 Å². The van der Waals surface area contributed by atoms with Crippen LogP contribution in [0, 0.1) is 6.92 Å². The maximum absolute atomic E-state index is 9.61. The molecule has 0 heterocycles. The molecule has 0 unspecified atom stereocenters. The van der Waals surface area contributed by atoms with Gasteiger partial charge in [0.15, 0.2) is 0 Å². The van der Waals surface area contributed by atoms with E-state index in [9.17, 15) is 5.11 Å². The highest BCUT2D eigenvalue weighted by atomic mass is 16.5. The molecular formula is C14H20O2. The molecule has 0 saturated heterocycles. The van der Waals surface area contributed by atoms with Crippen LogP contribution in [0.15, 0.2) is 30.4 Å². The number of aryl methyl sites for hydroxylation is 1. The molecule has 1 atom stereocenters. The molecule has 0 aromatic heterocycles. The number of aliphatic hydroxyl groups is 1. The van der Waals surface area contributed by atoms with Gasteiger partial charge in [-0.15, -0.1) is 6.58 Å². The maximum atomic E-state index is 9.61. The molecule has 1 rings (SSSR count). The van der Waals surface area contributed by atoms with E-state index in [1.54, 1.807) is 6.92 Å². The first kappa shape index (κ1) is 12.8. The molecule has 2 nitrogen and oxygen atoms in total. The van der Waals surface area contributed by atoms with Gasteiger partial charge in [-0.3, -0.25) is 0 Å². The van der Waals surface area contributed by atoms with Crippen LogP contribution < -0.4 is 4.74 Å². The summed E-state index contributed by atoms with van der Waals surface area (Å²) in [5.41, 5.74) is 3.08. The molecule has 0 fully saturated rings. The van der Waals surface area contributed by atoms with Crippen molar-refractivity contribution in [3.63, 3.8) is 0 Å². The van der Waals surface area contributed by atoms with Gasteiger partial charge in [-0.25, -0.2) is 0 Å². The maximum Gasteiger partial charge on any atom is 0.125 e. The van der Waals surface area contributed by atoms with Crippen LogP contribution in [-0.4, -0.2) is 11.7 Å². The summed E-state index contributed by atoms with van der Waals surface area (Å²) >= 11 is 0. The van der Waals surface area contributed by atoms with Crippen molar-refractivity contribution in [2.45, 2.75) is 33.3 Å². The van der Waals surface area contributed by atoms with Gasteiger partial charge < -0.3 is 9.84 Å². The molecule has 1 aromatic rings. The van der Waals surface area contributed by atoms with E-state index in [2.05, 4.69) is 6.58 Å². The topological polar surface area (TPSA) is 29.5 Å². The summed E-state index contributed by atoms with van der Waals surface area (Å²) in [7, 11) is 0. The van der Waals surface area contributed by atoms with Gasteiger partial charge in [0.2, 0.25) is 0 Å². The summed E-state index contributed by atoms with van der Waals surface area (Å²) in [6.45, 7) is 10.2. The third-order valence-electron chi connectivity index (χ3n) is 2.41. The molecule has 0 aliphatic rings. The fourth-order valence-corrected chi connectivity index (χ4v) is 1.45. The Balaban J connectivity index is 2.76. The van der Waals surface area contributed by atoms with Crippen LogP contribution in [0.3, 0.4) is 0 Å². The van der Waals surface area contributed by atoms with Gasteiger partial charge in [0.05, 0.1) is 12.7 Å². The monoisotopic (exact) mass is 220 g/mol. The standard InChI is InChI=1S/C14H20O2/c1-10(2)7-8-16-14-9-11(3)5-6-13(14)12(4)15/h5-6,9,12,15H,1,7-8H2,2-4H3/t12-/m1/s1. The van der Waals surface area contributed by atoms with E-state index in [0.29, 0.717) is 6.61 Å². The third kappa shape index (κ3) is 3.70. The van der Waals surface area contributed by atoms with Gasteiger partial charge in [0.1, 0.15) is 5.75 Å². The molecule has 1 aromatic carbocycles. The van der Waals surface area contributed by atoms with Crippen molar-refractivity contribution >= 4 is 0 Å². The zero-order valence-corrected chi connectivity index (χ0v) is 10.3. The summed E-state index contributed by atoms with van der Waals surface area (Å²) in [6, 6.07) is 5.85. The Kier molecular flexibility index (Phi) is 4.56. The smallest absolute Gasteiger partial charge is 0.125 e. The molecule has 0 aliphatic carbocycles. The molecule has 16 heavy (non-hydrogen) atoms. The van der Waals surface area contributed by atoms with E-state index >= 15 is 0 Å². The van der Waals surface area contributed by atoms with E-state index in [1.165, 1.54) is 0 Å². The Bertz CT molecular complexity index is 367. The van der Waals surface area contributed by atoms with Crippen LogP contribution in [0.2, 0.25) is 0 Å². The number of ether oxygens (including phenoxy) is 1. The summed E-state index contributed by atoms with van der Waals surface area (Å²) in [5.74, 6) is 0.774. The van der Waals surface area contributed by atoms with Gasteiger partial charge in [-0.05, 0) is 32.4 Å². The van der Waals surface area contributed by atoms with Crippen molar-refractivity contribution in [1.82, 2.24) is 0 Å². The lowest BCUT2D eigenvalue weighted by Crippen LogP contribution is -2.02. The predicted molar refractivity (Wildman–Crippen MR) is 66.7 cm³/mol. The van der Waals surface area contributed by atoms with Crippen LogP contribution in [0.1, 0.15) is 37.5 Å². The zero-order valence-electron chi connectivity index (χ0n) is 10.3. The Morgan fingerprint density at radius 3 is 2.75 bits per heavy atom. The Labute approximate surface area is 97.6 Å². The Morgan fingerprint density at radius 1 is 1.50 bits per heavy atom. The molecule has 0 bridgehead atoms. The minimum Gasteiger partial charge on any atom is -0.493 e. The van der Waals surface area contributed by atoms with E-state index in [1.807, 2.05) is 32.0 Å². The highest BCUT2D eigenvalue weighted by Gasteiger charge is 2.08.